The molecule has 3 heteroatoms. The Morgan fingerprint density at radius 1 is 1.38 bits per heavy atom. The number of hydrogen-bond acceptors (Lipinski definition) is 3. The van der Waals surface area contributed by atoms with E-state index >= 15 is 0 Å². The Balaban J connectivity index is 1.89. The summed E-state index contributed by atoms with van der Waals surface area (Å²) in [5.41, 5.74) is -0.0132. The van der Waals surface area contributed by atoms with Gasteiger partial charge in [0, 0.05) is 18.1 Å². The molecule has 2 saturated carbocycles. The number of nitrogens with one attached hydrogen (secondary N) is 1. The summed E-state index contributed by atoms with van der Waals surface area (Å²) in [6.45, 7) is 1.53. The van der Waals surface area contributed by atoms with Crippen LogP contribution in [0.5, 0.6) is 0 Å². The van der Waals surface area contributed by atoms with Crippen LogP contribution in [0.3, 0.4) is 0 Å². The van der Waals surface area contributed by atoms with E-state index in [1.165, 1.54) is 32.2 Å². The Bertz CT molecular complexity index is 224. The second-order valence-corrected chi connectivity index (χ2v) is 5.82. The van der Waals surface area contributed by atoms with Gasteiger partial charge in [-0.3, -0.25) is 0 Å². The van der Waals surface area contributed by atoms with Gasteiger partial charge in [-0.1, -0.05) is 0 Å². The number of rotatable bonds is 5. The summed E-state index contributed by atoms with van der Waals surface area (Å²) in [5.74, 6) is 0.963. The maximum atomic E-state index is 9.55. The lowest BCUT2D eigenvalue weighted by Crippen LogP contribution is -2.54. The summed E-state index contributed by atoms with van der Waals surface area (Å²) in [5, 5.41) is 12.9. The predicted octanol–water partition coefficient (Wildman–Crippen LogP) is 1.22. The van der Waals surface area contributed by atoms with E-state index < -0.39 is 0 Å². The predicted molar refractivity (Wildman–Crippen MR) is 66.5 cm³/mol. The third kappa shape index (κ3) is 2.76. The fourth-order valence-corrected chi connectivity index (χ4v) is 3.01. The molecule has 0 aromatic heterocycles. The van der Waals surface area contributed by atoms with Gasteiger partial charge in [0.15, 0.2) is 0 Å². The van der Waals surface area contributed by atoms with Crippen LogP contribution < -0.4 is 5.32 Å². The lowest BCUT2D eigenvalue weighted by Gasteiger charge is -2.43. The first kappa shape index (κ1) is 12.3. The maximum Gasteiger partial charge on any atom is 0.0613 e. The molecule has 0 spiro atoms. The summed E-state index contributed by atoms with van der Waals surface area (Å²) in [6.07, 6.45) is 7.60. The largest absolute Gasteiger partial charge is 0.394 e. The van der Waals surface area contributed by atoms with Crippen LogP contribution >= 0.6 is 0 Å². The molecule has 2 atom stereocenters. The van der Waals surface area contributed by atoms with Crippen LogP contribution in [0.2, 0.25) is 0 Å². The molecular weight excluding hydrogens is 200 g/mol. The second-order valence-electron chi connectivity index (χ2n) is 5.82. The van der Waals surface area contributed by atoms with E-state index in [0.29, 0.717) is 6.04 Å². The molecule has 2 fully saturated rings. The molecule has 2 rings (SSSR count). The third-order valence-electron chi connectivity index (χ3n) is 4.52. The van der Waals surface area contributed by atoms with Crippen molar-refractivity contribution < 1.29 is 5.11 Å². The van der Waals surface area contributed by atoms with Gasteiger partial charge in [0.1, 0.15) is 0 Å². The van der Waals surface area contributed by atoms with Crippen molar-refractivity contribution in [2.75, 3.05) is 27.2 Å². The van der Waals surface area contributed by atoms with Gasteiger partial charge in [0.2, 0.25) is 0 Å². The zero-order chi connectivity index (χ0) is 11.6. The highest BCUT2D eigenvalue weighted by Crippen LogP contribution is 2.34. The van der Waals surface area contributed by atoms with Crippen LogP contribution in [-0.2, 0) is 0 Å². The molecule has 3 nitrogen and oxygen atoms in total. The van der Waals surface area contributed by atoms with Crippen molar-refractivity contribution in [2.45, 2.75) is 50.1 Å². The Labute approximate surface area is 99.2 Å². The van der Waals surface area contributed by atoms with E-state index in [9.17, 15) is 5.11 Å². The SMILES string of the molecule is CNC1(CO)CCCC(N(C)CC2CC2)C1. The van der Waals surface area contributed by atoms with Gasteiger partial charge in [-0.05, 0) is 58.5 Å². The van der Waals surface area contributed by atoms with E-state index in [4.69, 9.17) is 0 Å². The van der Waals surface area contributed by atoms with Gasteiger partial charge in [0.05, 0.1) is 6.61 Å². The van der Waals surface area contributed by atoms with Crippen molar-refractivity contribution in [3.05, 3.63) is 0 Å². The van der Waals surface area contributed by atoms with Crippen LogP contribution in [0, 0.1) is 5.92 Å². The molecule has 2 N–H and O–H groups in total. The van der Waals surface area contributed by atoms with E-state index in [1.54, 1.807) is 0 Å². The van der Waals surface area contributed by atoms with Crippen molar-refractivity contribution in [3.63, 3.8) is 0 Å². The molecule has 0 aromatic rings. The summed E-state index contributed by atoms with van der Waals surface area (Å²) in [4.78, 5) is 2.53. The highest BCUT2D eigenvalue weighted by Gasteiger charge is 2.37. The van der Waals surface area contributed by atoms with Gasteiger partial charge in [-0.2, -0.15) is 0 Å². The van der Waals surface area contributed by atoms with Gasteiger partial charge in [-0.25, -0.2) is 0 Å². The molecule has 2 unspecified atom stereocenters. The number of nitrogens with zero attached hydrogens (tertiary/aromatic N) is 1. The zero-order valence-electron chi connectivity index (χ0n) is 10.7. The molecule has 16 heavy (non-hydrogen) atoms. The number of likely N-dealkylation sites (N-methyl/N-ethyl adjacent to an activating group) is 1. The van der Waals surface area contributed by atoms with E-state index in [-0.39, 0.29) is 12.1 Å². The molecule has 2 aliphatic carbocycles. The minimum absolute atomic E-state index is 0.0132. The standard InChI is InChI=1S/C13H26N2O/c1-14-13(10-16)7-3-4-12(8-13)15(2)9-11-5-6-11/h11-12,14,16H,3-10H2,1-2H3. The smallest absolute Gasteiger partial charge is 0.0613 e. The summed E-state index contributed by atoms with van der Waals surface area (Å²) in [7, 11) is 4.24. The fourth-order valence-electron chi connectivity index (χ4n) is 3.01. The van der Waals surface area contributed by atoms with Crippen LogP contribution in [0.25, 0.3) is 0 Å². The highest BCUT2D eigenvalue weighted by atomic mass is 16.3. The first-order valence-corrected chi connectivity index (χ1v) is 6.69. The van der Waals surface area contributed by atoms with Crippen molar-refractivity contribution in [3.8, 4) is 0 Å². The molecule has 0 radical (unpaired) electrons. The highest BCUT2D eigenvalue weighted by molar-refractivity contribution is 4.95. The molecule has 94 valence electrons. The lowest BCUT2D eigenvalue weighted by molar-refractivity contribution is 0.0730. The normalized spacial score (nSPS) is 35.6. The average Bonchev–Trinajstić information content (AvgIpc) is 3.13. The molecule has 0 amide bonds. The monoisotopic (exact) mass is 226 g/mol. The van der Waals surface area contributed by atoms with Crippen LogP contribution in [0.4, 0.5) is 0 Å². The Morgan fingerprint density at radius 3 is 2.69 bits per heavy atom. The average molecular weight is 226 g/mol. The minimum Gasteiger partial charge on any atom is -0.394 e. The van der Waals surface area contributed by atoms with Crippen LogP contribution in [0.1, 0.15) is 38.5 Å². The fraction of sp³-hybridized carbons (Fsp3) is 1.00. The molecule has 0 heterocycles. The first-order valence-electron chi connectivity index (χ1n) is 6.69. The third-order valence-corrected chi connectivity index (χ3v) is 4.52. The quantitative estimate of drug-likeness (QED) is 0.740. The van der Waals surface area contributed by atoms with E-state index in [1.807, 2.05) is 7.05 Å². The van der Waals surface area contributed by atoms with Crippen molar-refractivity contribution in [1.29, 1.82) is 0 Å². The summed E-state index contributed by atoms with van der Waals surface area (Å²) in [6, 6.07) is 0.661. The summed E-state index contributed by atoms with van der Waals surface area (Å²) >= 11 is 0. The molecule has 0 bridgehead atoms. The van der Waals surface area contributed by atoms with Crippen LogP contribution in [0.15, 0.2) is 0 Å². The van der Waals surface area contributed by atoms with E-state index in [2.05, 4.69) is 17.3 Å². The van der Waals surface area contributed by atoms with Gasteiger partial charge in [0.25, 0.3) is 0 Å². The molecule has 2 aliphatic rings. The Kier molecular flexibility index (Phi) is 3.88. The number of hydrogen-bond donors (Lipinski definition) is 2. The van der Waals surface area contributed by atoms with E-state index in [0.717, 1.165) is 18.8 Å². The maximum absolute atomic E-state index is 9.55. The topological polar surface area (TPSA) is 35.5 Å². The minimum atomic E-state index is -0.0132. The lowest BCUT2D eigenvalue weighted by atomic mass is 9.79. The number of aliphatic hydroxyl groups is 1. The van der Waals surface area contributed by atoms with Crippen molar-refractivity contribution in [2.24, 2.45) is 5.92 Å². The number of aliphatic hydroxyl groups excluding tert-OH is 1. The Morgan fingerprint density at radius 2 is 2.12 bits per heavy atom. The van der Waals surface area contributed by atoms with Gasteiger partial charge in [-0.15, -0.1) is 0 Å². The van der Waals surface area contributed by atoms with Crippen LogP contribution in [-0.4, -0.2) is 48.8 Å². The Hall–Kier alpha value is -0.120. The van der Waals surface area contributed by atoms with Crippen molar-refractivity contribution in [1.82, 2.24) is 10.2 Å². The van der Waals surface area contributed by atoms with Crippen molar-refractivity contribution >= 4 is 0 Å². The first-order chi connectivity index (χ1) is 7.69. The van der Waals surface area contributed by atoms with Gasteiger partial charge >= 0.3 is 0 Å². The zero-order valence-corrected chi connectivity index (χ0v) is 10.7. The summed E-state index contributed by atoms with van der Waals surface area (Å²) < 4.78 is 0. The molecular formula is C13H26N2O. The molecule has 0 aliphatic heterocycles. The van der Waals surface area contributed by atoms with Gasteiger partial charge < -0.3 is 15.3 Å². The molecule has 0 aromatic carbocycles. The molecule has 0 saturated heterocycles. The second kappa shape index (κ2) is 5.03.